The van der Waals surface area contributed by atoms with Crippen molar-refractivity contribution < 1.29 is 34.3 Å². The summed E-state index contributed by atoms with van der Waals surface area (Å²) in [5.74, 6) is 4.37. The molecule has 1 heterocycles. The highest BCUT2D eigenvalue weighted by Crippen LogP contribution is 2.67. The molecule has 4 fully saturated rings. The molecule has 13 unspecified atom stereocenters. The van der Waals surface area contributed by atoms with Gasteiger partial charge in [0.2, 0.25) is 0 Å². The molecule has 0 radical (unpaired) electrons. The molecule has 5 aliphatic rings. The monoisotopic (exact) mass is 915 g/mol. The minimum Gasteiger partial charge on any atom is -0.463 e. The molecule has 1 saturated heterocycles. The number of aliphatic hydroxyl groups excluding tert-OH is 3. The maximum absolute atomic E-state index is 12.7. The summed E-state index contributed by atoms with van der Waals surface area (Å²) in [5.41, 5.74) is 2.12. The Balaban J connectivity index is 0.944. The van der Waals surface area contributed by atoms with Gasteiger partial charge in [-0.05, 0) is 155 Å². The van der Waals surface area contributed by atoms with Crippen LogP contribution in [0.2, 0.25) is 0 Å². The quantitative estimate of drug-likeness (QED) is 0.0428. The summed E-state index contributed by atoms with van der Waals surface area (Å²) >= 11 is 0. The van der Waals surface area contributed by atoms with Gasteiger partial charge in [0.05, 0.1) is 6.10 Å². The van der Waals surface area contributed by atoms with Crippen molar-refractivity contribution in [1.82, 2.24) is 0 Å². The number of fused-ring (bicyclic) bond motifs is 5. The van der Waals surface area contributed by atoms with Gasteiger partial charge in [-0.15, -0.1) is 0 Å². The molecule has 0 aromatic rings. The molecule has 0 aromatic heterocycles. The highest BCUT2D eigenvalue weighted by atomic mass is 16.7. The summed E-state index contributed by atoms with van der Waals surface area (Å²) in [6, 6.07) is 0. The second-order valence-electron chi connectivity index (χ2n) is 21.9. The Bertz CT molecular complexity index is 1640. The molecule has 3 saturated carbocycles. The van der Waals surface area contributed by atoms with Gasteiger partial charge in [-0.2, -0.15) is 0 Å². The molecule has 13 atom stereocenters. The first-order valence-electron chi connectivity index (χ1n) is 27.0. The van der Waals surface area contributed by atoms with E-state index in [2.05, 4.69) is 121 Å². The topological polar surface area (TPSA) is 105 Å². The normalized spacial score (nSPS) is 34.3. The predicted molar refractivity (Wildman–Crippen MR) is 271 cm³/mol. The first kappa shape index (κ1) is 54.4. The van der Waals surface area contributed by atoms with Gasteiger partial charge in [-0.1, -0.05) is 158 Å². The largest absolute Gasteiger partial charge is 0.463 e. The Kier molecular flexibility index (Phi) is 23.2. The van der Waals surface area contributed by atoms with E-state index in [0.717, 1.165) is 126 Å². The van der Waals surface area contributed by atoms with Crippen LogP contribution in [0.25, 0.3) is 0 Å². The number of aliphatic hydroxyl groups is 3. The number of hydrogen-bond donors (Lipinski definition) is 3. The van der Waals surface area contributed by atoms with E-state index < -0.39 is 30.7 Å². The van der Waals surface area contributed by atoms with Gasteiger partial charge in [-0.25, -0.2) is 0 Å². The van der Waals surface area contributed by atoms with Crippen LogP contribution < -0.4 is 0 Å². The van der Waals surface area contributed by atoms with Crippen LogP contribution >= 0.6 is 0 Å². The number of unbranched alkanes of at least 4 members (excludes halogenated alkanes) is 4. The van der Waals surface area contributed by atoms with Gasteiger partial charge in [0.1, 0.15) is 31.0 Å². The first-order valence-corrected chi connectivity index (χ1v) is 27.0. The molecule has 0 bridgehead atoms. The summed E-state index contributed by atoms with van der Waals surface area (Å²) in [6.07, 6.45) is 47.2. The standard InChI is InChI=1S/C59H94O7/c1-7-8-9-10-11-12-13-14-15-16-17-18-19-20-21-22-23-24-25-26-27-28-29-33-53(60)64-43-52-54(61)55(62)56(63)57(66-52)65-47-38-40-58(5)46(42-47)34-35-48-50-37-36-49(45(4)32-30-31-44(2)3)59(50,6)41-39-51(48)58/h8-9,11-12,14-15,17-18,20-21,23-24,34,44-45,47-52,54-57,61-63H,7,10,13,16,19,22,25-33,35-43H2,1-6H3/b9-8-,12-11-,15-14-,18-17-,21-20-,24-23-. The van der Waals surface area contributed by atoms with Gasteiger partial charge in [0.15, 0.2) is 6.29 Å². The Morgan fingerprint density at radius 2 is 1.36 bits per heavy atom. The molecule has 0 amide bonds. The van der Waals surface area contributed by atoms with Crippen LogP contribution in [0.4, 0.5) is 0 Å². The molecule has 5 rings (SSSR count). The van der Waals surface area contributed by atoms with Gasteiger partial charge in [-0.3, -0.25) is 4.79 Å². The molecule has 372 valence electrons. The van der Waals surface area contributed by atoms with Crippen molar-refractivity contribution in [1.29, 1.82) is 0 Å². The van der Waals surface area contributed by atoms with Crippen molar-refractivity contribution in [3.63, 3.8) is 0 Å². The van der Waals surface area contributed by atoms with Crippen LogP contribution in [0.15, 0.2) is 84.6 Å². The number of carbonyl (C=O) groups is 1. The van der Waals surface area contributed by atoms with E-state index in [1.807, 2.05) is 0 Å². The van der Waals surface area contributed by atoms with Crippen molar-refractivity contribution in [2.45, 2.75) is 226 Å². The Morgan fingerprint density at radius 1 is 0.727 bits per heavy atom. The summed E-state index contributed by atoms with van der Waals surface area (Å²) in [7, 11) is 0. The number of rotatable bonds is 27. The van der Waals surface area contributed by atoms with Crippen LogP contribution in [0.1, 0.15) is 189 Å². The predicted octanol–water partition coefficient (Wildman–Crippen LogP) is 13.8. The summed E-state index contributed by atoms with van der Waals surface area (Å²) in [4.78, 5) is 12.7. The fourth-order valence-electron chi connectivity index (χ4n) is 12.9. The lowest BCUT2D eigenvalue weighted by molar-refractivity contribution is -0.313. The average Bonchev–Trinajstić information content (AvgIpc) is 3.66. The lowest BCUT2D eigenvalue weighted by Crippen LogP contribution is -2.60. The van der Waals surface area contributed by atoms with Crippen LogP contribution in [0.3, 0.4) is 0 Å². The third-order valence-electron chi connectivity index (χ3n) is 16.8. The van der Waals surface area contributed by atoms with Crippen LogP contribution in [-0.2, 0) is 19.0 Å². The number of hydrogen-bond acceptors (Lipinski definition) is 7. The second-order valence-corrected chi connectivity index (χ2v) is 21.9. The number of esters is 1. The molecular weight excluding hydrogens is 821 g/mol. The number of ether oxygens (including phenoxy) is 3. The van der Waals surface area contributed by atoms with Gasteiger partial charge in [0, 0.05) is 6.42 Å². The highest BCUT2D eigenvalue weighted by molar-refractivity contribution is 5.69. The lowest BCUT2D eigenvalue weighted by atomic mass is 9.47. The van der Waals surface area contributed by atoms with E-state index in [0.29, 0.717) is 17.8 Å². The molecular formula is C59H94O7. The Labute approximate surface area is 402 Å². The van der Waals surface area contributed by atoms with E-state index in [1.54, 1.807) is 0 Å². The molecule has 0 aromatic carbocycles. The van der Waals surface area contributed by atoms with E-state index in [4.69, 9.17) is 14.2 Å². The van der Waals surface area contributed by atoms with Gasteiger partial charge < -0.3 is 29.5 Å². The van der Waals surface area contributed by atoms with Crippen molar-refractivity contribution in [3.05, 3.63) is 84.6 Å². The van der Waals surface area contributed by atoms with Crippen molar-refractivity contribution in [2.24, 2.45) is 46.3 Å². The zero-order valence-corrected chi connectivity index (χ0v) is 42.4. The first-order chi connectivity index (χ1) is 31.9. The summed E-state index contributed by atoms with van der Waals surface area (Å²) in [6.45, 7) is 14.4. The lowest BCUT2D eigenvalue weighted by Gasteiger charge is -2.58. The van der Waals surface area contributed by atoms with Gasteiger partial charge >= 0.3 is 5.97 Å². The third kappa shape index (κ3) is 15.7. The smallest absolute Gasteiger partial charge is 0.305 e. The van der Waals surface area contributed by atoms with E-state index in [1.165, 1.54) is 50.5 Å². The highest BCUT2D eigenvalue weighted by Gasteiger charge is 2.59. The van der Waals surface area contributed by atoms with Crippen LogP contribution in [0, 0.1) is 46.3 Å². The van der Waals surface area contributed by atoms with Crippen molar-refractivity contribution in [2.75, 3.05) is 6.61 Å². The zero-order chi connectivity index (χ0) is 47.4. The Hall–Kier alpha value is -2.55. The summed E-state index contributed by atoms with van der Waals surface area (Å²) in [5, 5.41) is 32.6. The fraction of sp³-hybridized carbons (Fsp3) is 0.746. The van der Waals surface area contributed by atoms with Gasteiger partial charge in [0.25, 0.3) is 0 Å². The number of allylic oxidation sites excluding steroid dienone is 13. The van der Waals surface area contributed by atoms with E-state index >= 15 is 0 Å². The summed E-state index contributed by atoms with van der Waals surface area (Å²) < 4.78 is 18.0. The van der Waals surface area contributed by atoms with Crippen LogP contribution in [0.5, 0.6) is 0 Å². The van der Waals surface area contributed by atoms with Crippen LogP contribution in [-0.4, -0.2) is 64.7 Å². The SMILES string of the molecule is CC/C=C\C/C=C\C/C=C\C/C=C\C/C=C\C/C=C\CCCCCCC(=O)OCC1OC(OC2CCC3(C)C(=CCC4C3CCC3(C)C(C(C)CCCC(C)C)CCC43)C2)C(O)C(O)C1O. The molecule has 3 N–H and O–H groups in total. The Morgan fingerprint density at radius 3 is 2.02 bits per heavy atom. The molecule has 7 heteroatoms. The number of carbonyl (C=O) groups excluding carboxylic acids is 1. The fourth-order valence-corrected chi connectivity index (χ4v) is 12.9. The molecule has 7 nitrogen and oxygen atoms in total. The minimum atomic E-state index is -1.46. The molecule has 1 aliphatic heterocycles. The van der Waals surface area contributed by atoms with E-state index in [9.17, 15) is 20.1 Å². The molecule has 66 heavy (non-hydrogen) atoms. The third-order valence-corrected chi connectivity index (χ3v) is 16.8. The van der Waals surface area contributed by atoms with E-state index in [-0.39, 0.29) is 24.1 Å². The zero-order valence-electron chi connectivity index (χ0n) is 42.4. The maximum Gasteiger partial charge on any atom is 0.305 e. The minimum absolute atomic E-state index is 0.151. The van der Waals surface area contributed by atoms with Crippen molar-refractivity contribution in [3.8, 4) is 0 Å². The second kappa shape index (κ2) is 28.2. The maximum atomic E-state index is 12.7. The van der Waals surface area contributed by atoms with Crippen molar-refractivity contribution >= 4 is 5.97 Å². The average molecular weight is 915 g/mol. The molecule has 4 aliphatic carbocycles. The molecule has 0 spiro atoms.